The first kappa shape index (κ1) is 10.5. The van der Waals surface area contributed by atoms with Gasteiger partial charge in [-0.05, 0) is 31.1 Å². The summed E-state index contributed by atoms with van der Waals surface area (Å²) in [5.41, 5.74) is 0. The molecule has 0 aromatic carbocycles. The number of Topliss-reactive ketones (excluding diaryl/α,β-unsaturated/α-hetero) is 1. The van der Waals surface area contributed by atoms with Gasteiger partial charge in [0.1, 0.15) is 0 Å². The molecule has 80 valence electrons. The highest BCUT2D eigenvalue weighted by Crippen LogP contribution is 2.53. The molecule has 0 amide bonds. The number of carbonyl (C=O) groups is 1. The van der Waals surface area contributed by atoms with Crippen LogP contribution in [-0.2, 0) is 4.79 Å². The highest BCUT2D eigenvalue weighted by Gasteiger charge is 2.56. The number of rotatable bonds is 1. The zero-order valence-corrected chi connectivity index (χ0v) is 8.94. The Morgan fingerprint density at radius 2 is 1.93 bits per heavy atom. The highest BCUT2D eigenvalue weighted by atomic mass is 79.9. The van der Waals surface area contributed by atoms with Crippen LogP contribution in [0.25, 0.3) is 0 Å². The Hall–Kier alpha value is -0.0600. The van der Waals surface area contributed by atoms with Gasteiger partial charge in [0.15, 0.2) is 0 Å². The molecule has 1 unspecified atom stereocenters. The molecule has 0 aliphatic heterocycles. The van der Waals surface area contributed by atoms with Crippen molar-refractivity contribution in [3.8, 4) is 0 Å². The summed E-state index contributed by atoms with van der Waals surface area (Å²) in [6.45, 7) is 0. The van der Waals surface area contributed by atoms with Crippen LogP contribution in [0, 0.1) is 17.8 Å². The Kier molecular flexibility index (Phi) is 2.40. The zero-order chi connectivity index (χ0) is 10.5. The van der Waals surface area contributed by atoms with Gasteiger partial charge in [-0.2, -0.15) is 13.2 Å². The summed E-state index contributed by atoms with van der Waals surface area (Å²) < 4.78 is 36.7. The van der Waals surface area contributed by atoms with E-state index in [0.717, 1.165) is 19.3 Å². The van der Waals surface area contributed by atoms with Gasteiger partial charge >= 0.3 is 6.18 Å². The summed E-state index contributed by atoms with van der Waals surface area (Å²) in [5.74, 6) is -2.40. The summed E-state index contributed by atoms with van der Waals surface area (Å²) in [7, 11) is 0. The minimum atomic E-state index is -4.65. The Morgan fingerprint density at radius 1 is 1.29 bits per heavy atom. The largest absolute Gasteiger partial charge is 0.450 e. The third kappa shape index (κ3) is 1.49. The maximum atomic E-state index is 12.2. The second-order valence-electron chi connectivity index (χ2n) is 4.14. The van der Waals surface area contributed by atoms with E-state index < -0.39 is 17.9 Å². The van der Waals surface area contributed by atoms with Crippen molar-refractivity contribution in [3.05, 3.63) is 0 Å². The van der Waals surface area contributed by atoms with Crippen molar-refractivity contribution in [2.24, 2.45) is 17.8 Å². The van der Waals surface area contributed by atoms with Gasteiger partial charge in [0.25, 0.3) is 0 Å². The number of halogens is 4. The van der Waals surface area contributed by atoms with E-state index in [-0.39, 0.29) is 16.7 Å². The van der Waals surface area contributed by atoms with Gasteiger partial charge in [0, 0.05) is 10.7 Å². The van der Waals surface area contributed by atoms with Gasteiger partial charge in [-0.3, -0.25) is 4.79 Å². The molecular weight excluding hydrogens is 261 g/mol. The predicted molar refractivity (Wildman–Crippen MR) is 48.1 cm³/mol. The topological polar surface area (TPSA) is 17.1 Å². The molecule has 2 aliphatic carbocycles. The molecule has 0 N–H and O–H groups in total. The first-order chi connectivity index (χ1) is 6.41. The Morgan fingerprint density at radius 3 is 2.29 bits per heavy atom. The quantitative estimate of drug-likeness (QED) is 0.670. The van der Waals surface area contributed by atoms with Crippen molar-refractivity contribution >= 4 is 21.7 Å². The van der Waals surface area contributed by atoms with Crippen molar-refractivity contribution in [1.82, 2.24) is 0 Å². The summed E-state index contributed by atoms with van der Waals surface area (Å²) in [4.78, 5) is 11.2. The Bertz CT molecular complexity index is 263. The fourth-order valence-corrected chi connectivity index (χ4v) is 3.92. The van der Waals surface area contributed by atoms with E-state index in [9.17, 15) is 18.0 Å². The number of ketones is 1. The van der Waals surface area contributed by atoms with E-state index >= 15 is 0 Å². The van der Waals surface area contributed by atoms with Crippen LogP contribution >= 0.6 is 15.9 Å². The van der Waals surface area contributed by atoms with E-state index in [1.54, 1.807) is 0 Å². The molecule has 2 aliphatic rings. The molecule has 0 spiro atoms. The standard InChI is InChI=1S/C9H10BrF3O/c10-6-3-4-1-2-5(6)7(4)8(14)9(11,12)13/h4-7H,1-3H2/t4-,5+,6-,7?/m0/s1. The van der Waals surface area contributed by atoms with Crippen LogP contribution < -0.4 is 0 Å². The predicted octanol–water partition coefficient (Wildman–Crippen LogP) is 2.93. The minimum Gasteiger partial charge on any atom is -0.289 e. The fourth-order valence-electron chi connectivity index (χ4n) is 2.85. The molecule has 1 nitrogen and oxygen atoms in total. The molecule has 0 aromatic heterocycles. The second-order valence-corrected chi connectivity index (χ2v) is 5.32. The van der Waals surface area contributed by atoms with Crippen molar-refractivity contribution in [1.29, 1.82) is 0 Å². The first-order valence-corrected chi connectivity index (χ1v) is 5.58. The van der Waals surface area contributed by atoms with E-state index in [1.165, 1.54) is 0 Å². The average Bonchev–Trinajstić information content (AvgIpc) is 2.56. The van der Waals surface area contributed by atoms with Crippen LogP contribution in [0.4, 0.5) is 13.2 Å². The molecule has 14 heavy (non-hydrogen) atoms. The first-order valence-electron chi connectivity index (χ1n) is 4.66. The van der Waals surface area contributed by atoms with Crippen LogP contribution in [0.3, 0.4) is 0 Å². The number of carbonyl (C=O) groups excluding carboxylic acids is 1. The maximum Gasteiger partial charge on any atom is 0.450 e. The molecule has 2 rings (SSSR count). The minimum absolute atomic E-state index is 0.0431. The van der Waals surface area contributed by atoms with Gasteiger partial charge in [-0.25, -0.2) is 0 Å². The van der Waals surface area contributed by atoms with E-state index in [4.69, 9.17) is 0 Å². The zero-order valence-electron chi connectivity index (χ0n) is 7.35. The molecule has 2 bridgehead atoms. The number of fused-ring (bicyclic) bond motifs is 2. The molecule has 0 saturated heterocycles. The smallest absolute Gasteiger partial charge is 0.289 e. The third-order valence-electron chi connectivity index (χ3n) is 3.41. The van der Waals surface area contributed by atoms with Gasteiger partial charge in [-0.1, -0.05) is 15.9 Å². The van der Waals surface area contributed by atoms with E-state index in [0.29, 0.717) is 0 Å². The molecule has 5 heteroatoms. The fraction of sp³-hybridized carbons (Fsp3) is 0.889. The number of hydrogen-bond donors (Lipinski definition) is 0. The lowest BCUT2D eigenvalue weighted by molar-refractivity contribution is -0.177. The maximum absolute atomic E-state index is 12.2. The van der Waals surface area contributed by atoms with Gasteiger partial charge in [-0.15, -0.1) is 0 Å². The summed E-state index contributed by atoms with van der Waals surface area (Å²) in [6, 6.07) is 0. The summed E-state index contributed by atoms with van der Waals surface area (Å²) in [5, 5.41) is 0. The summed E-state index contributed by atoms with van der Waals surface area (Å²) in [6.07, 6.45) is -2.40. The van der Waals surface area contributed by atoms with Crippen LogP contribution in [-0.4, -0.2) is 16.8 Å². The van der Waals surface area contributed by atoms with Gasteiger partial charge < -0.3 is 0 Å². The lowest BCUT2D eigenvalue weighted by Crippen LogP contribution is -2.33. The molecule has 0 radical (unpaired) electrons. The Balaban J connectivity index is 2.17. The lowest BCUT2D eigenvalue weighted by Gasteiger charge is -2.17. The monoisotopic (exact) mass is 270 g/mol. The number of alkyl halides is 4. The molecular formula is C9H10BrF3O. The average molecular weight is 271 g/mol. The lowest BCUT2D eigenvalue weighted by atomic mass is 9.93. The number of hydrogen-bond acceptors (Lipinski definition) is 1. The van der Waals surface area contributed by atoms with Crippen molar-refractivity contribution in [3.63, 3.8) is 0 Å². The van der Waals surface area contributed by atoms with Crippen molar-refractivity contribution in [2.45, 2.75) is 30.3 Å². The molecule has 4 atom stereocenters. The van der Waals surface area contributed by atoms with Crippen LogP contribution in [0.2, 0.25) is 0 Å². The normalized spacial score (nSPS) is 41.7. The molecule has 2 fully saturated rings. The van der Waals surface area contributed by atoms with E-state index in [1.807, 2.05) is 0 Å². The summed E-state index contributed by atoms with van der Waals surface area (Å²) >= 11 is 3.35. The third-order valence-corrected chi connectivity index (χ3v) is 4.47. The SMILES string of the molecule is O=C(C1[C@H]2CC[C@@H]1[C@@H](Br)C2)C(F)(F)F. The molecule has 2 saturated carbocycles. The van der Waals surface area contributed by atoms with Crippen LogP contribution in [0.5, 0.6) is 0 Å². The van der Waals surface area contributed by atoms with Crippen LogP contribution in [0.15, 0.2) is 0 Å². The highest BCUT2D eigenvalue weighted by molar-refractivity contribution is 9.09. The van der Waals surface area contributed by atoms with Gasteiger partial charge in [0.05, 0.1) is 0 Å². The van der Waals surface area contributed by atoms with E-state index in [2.05, 4.69) is 15.9 Å². The van der Waals surface area contributed by atoms with Crippen molar-refractivity contribution < 1.29 is 18.0 Å². The van der Waals surface area contributed by atoms with Gasteiger partial charge in [0.2, 0.25) is 5.78 Å². The van der Waals surface area contributed by atoms with Crippen molar-refractivity contribution in [2.75, 3.05) is 0 Å². The Labute approximate surface area is 88.2 Å². The molecule has 0 heterocycles. The molecule has 0 aromatic rings. The van der Waals surface area contributed by atoms with Crippen LogP contribution in [0.1, 0.15) is 19.3 Å². The second kappa shape index (κ2) is 3.22.